The molecule has 0 spiro atoms. The first kappa shape index (κ1) is 12.2. The Morgan fingerprint density at radius 3 is 2.15 bits per heavy atom. The van der Waals surface area contributed by atoms with Gasteiger partial charge in [-0.15, -0.1) is 6.58 Å². The molecule has 0 bridgehead atoms. The Morgan fingerprint density at radius 1 is 0.923 bits per heavy atom. The lowest BCUT2D eigenvalue weighted by Crippen LogP contribution is -1.70. The van der Waals surface area contributed by atoms with E-state index in [1.54, 1.807) is 0 Å². The highest BCUT2D eigenvalue weighted by atomic mass is 13.9. The van der Waals surface area contributed by atoms with Gasteiger partial charge < -0.3 is 0 Å². The summed E-state index contributed by atoms with van der Waals surface area (Å²) in [6, 6.07) is 0. The highest BCUT2D eigenvalue weighted by Crippen LogP contribution is 2.00. The third kappa shape index (κ3) is 11.2. The second kappa shape index (κ2) is 11.2. The first-order chi connectivity index (χ1) is 6.41. The van der Waals surface area contributed by atoms with Crippen molar-refractivity contribution in [3.63, 3.8) is 0 Å². The lowest BCUT2D eigenvalue weighted by Gasteiger charge is -1.90. The maximum absolute atomic E-state index is 3.70. The van der Waals surface area contributed by atoms with Gasteiger partial charge in [-0.2, -0.15) is 0 Å². The van der Waals surface area contributed by atoms with Crippen molar-refractivity contribution in [1.82, 2.24) is 0 Å². The summed E-state index contributed by atoms with van der Waals surface area (Å²) in [5.74, 6) is 0. The van der Waals surface area contributed by atoms with Crippen LogP contribution in [0.2, 0.25) is 0 Å². The van der Waals surface area contributed by atoms with Crippen molar-refractivity contribution in [2.24, 2.45) is 0 Å². The van der Waals surface area contributed by atoms with Crippen LogP contribution >= 0.6 is 0 Å². The Hall–Kier alpha value is -0.780. The van der Waals surface area contributed by atoms with Crippen LogP contribution in [-0.4, -0.2) is 0 Å². The number of rotatable bonds is 8. The van der Waals surface area contributed by atoms with Gasteiger partial charge in [-0.05, 0) is 32.1 Å². The van der Waals surface area contributed by atoms with Gasteiger partial charge in [0, 0.05) is 0 Å². The molecule has 0 unspecified atom stereocenters. The lowest BCUT2D eigenvalue weighted by molar-refractivity contribution is 0.763. The quantitative estimate of drug-likeness (QED) is 0.288. The summed E-state index contributed by atoms with van der Waals surface area (Å²) in [7, 11) is 0. The lowest BCUT2D eigenvalue weighted by atomic mass is 10.2. The Labute approximate surface area is 83.0 Å². The molecule has 0 aliphatic carbocycles. The monoisotopic (exact) mass is 178 g/mol. The van der Waals surface area contributed by atoms with Gasteiger partial charge >= 0.3 is 0 Å². The van der Waals surface area contributed by atoms with Crippen LogP contribution in [0, 0.1) is 0 Å². The van der Waals surface area contributed by atoms with Gasteiger partial charge in [0.15, 0.2) is 0 Å². The van der Waals surface area contributed by atoms with Crippen LogP contribution in [0.3, 0.4) is 0 Å². The normalized spacial score (nSPS) is 11.5. The van der Waals surface area contributed by atoms with E-state index in [1.807, 2.05) is 6.08 Å². The highest BCUT2D eigenvalue weighted by molar-refractivity contribution is 5.02. The molecular formula is C13H22. The molecule has 0 amide bonds. The Bertz CT molecular complexity index is 151. The van der Waals surface area contributed by atoms with Gasteiger partial charge in [0.2, 0.25) is 0 Å². The van der Waals surface area contributed by atoms with E-state index in [4.69, 9.17) is 0 Å². The van der Waals surface area contributed by atoms with Crippen LogP contribution in [0.25, 0.3) is 0 Å². The standard InChI is InChI=1S/C13H22/c1-3-5-7-9-11-13-12-10-8-6-4-2/h3,8,10,12-13H,1,4-7,9,11H2,2H3. The van der Waals surface area contributed by atoms with Gasteiger partial charge in [-0.25, -0.2) is 0 Å². The molecule has 0 saturated heterocycles. The molecule has 0 aromatic carbocycles. The fourth-order valence-electron chi connectivity index (χ4n) is 1.07. The number of allylic oxidation sites excluding steroid dienone is 5. The smallest absolute Gasteiger partial charge is 0.0347 e. The summed E-state index contributed by atoms with van der Waals surface area (Å²) >= 11 is 0. The van der Waals surface area contributed by atoms with Gasteiger partial charge in [0.05, 0.1) is 0 Å². The molecule has 0 atom stereocenters. The number of hydrogen-bond acceptors (Lipinski definition) is 0. The van der Waals surface area contributed by atoms with E-state index < -0.39 is 0 Å². The Kier molecular flexibility index (Phi) is 10.5. The van der Waals surface area contributed by atoms with Crippen LogP contribution in [0.1, 0.15) is 45.4 Å². The number of hydrogen-bond donors (Lipinski definition) is 0. The molecule has 0 aromatic rings. The van der Waals surface area contributed by atoms with Crippen molar-refractivity contribution in [3.05, 3.63) is 37.0 Å². The summed E-state index contributed by atoms with van der Waals surface area (Å²) in [6.07, 6.45) is 18.1. The van der Waals surface area contributed by atoms with Crippen molar-refractivity contribution in [2.75, 3.05) is 0 Å². The minimum absolute atomic E-state index is 1.15. The predicted molar refractivity (Wildman–Crippen MR) is 61.9 cm³/mol. The molecule has 0 saturated carbocycles. The Morgan fingerprint density at radius 2 is 1.54 bits per heavy atom. The third-order valence-electron chi connectivity index (χ3n) is 1.87. The van der Waals surface area contributed by atoms with E-state index in [2.05, 4.69) is 37.8 Å². The summed E-state index contributed by atoms with van der Waals surface area (Å²) < 4.78 is 0. The van der Waals surface area contributed by atoms with Crippen LogP contribution in [0.5, 0.6) is 0 Å². The van der Waals surface area contributed by atoms with E-state index in [1.165, 1.54) is 32.1 Å². The third-order valence-corrected chi connectivity index (χ3v) is 1.87. The van der Waals surface area contributed by atoms with E-state index in [0.717, 1.165) is 6.42 Å². The fraction of sp³-hybridized carbons (Fsp3) is 0.538. The maximum atomic E-state index is 3.70. The largest absolute Gasteiger partial charge is 0.103 e. The summed E-state index contributed by atoms with van der Waals surface area (Å²) in [6.45, 7) is 5.90. The van der Waals surface area contributed by atoms with Gasteiger partial charge in [0.25, 0.3) is 0 Å². The molecule has 0 nitrogen and oxygen atoms in total. The molecule has 0 N–H and O–H groups in total. The van der Waals surface area contributed by atoms with Gasteiger partial charge in [-0.1, -0.05) is 43.7 Å². The van der Waals surface area contributed by atoms with Crippen molar-refractivity contribution in [2.45, 2.75) is 45.4 Å². The predicted octanol–water partition coefficient (Wildman–Crippen LogP) is 4.65. The summed E-state index contributed by atoms with van der Waals surface area (Å²) in [5.41, 5.74) is 0. The van der Waals surface area contributed by atoms with E-state index in [9.17, 15) is 0 Å². The van der Waals surface area contributed by atoms with Crippen LogP contribution in [0.4, 0.5) is 0 Å². The summed E-state index contributed by atoms with van der Waals surface area (Å²) in [4.78, 5) is 0. The van der Waals surface area contributed by atoms with Crippen LogP contribution < -0.4 is 0 Å². The maximum Gasteiger partial charge on any atom is -0.0347 e. The van der Waals surface area contributed by atoms with Crippen molar-refractivity contribution in [3.8, 4) is 0 Å². The average molecular weight is 178 g/mol. The van der Waals surface area contributed by atoms with E-state index in [0.29, 0.717) is 0 Å². The zero-order valence-corrected chi connectivity index (χ0v) is 8.84. The number of unbranched alkanes of at least 4 members (excludes halogenated alkanes) is 4. The van der Waals surface area contributed by atoms with Crippen LogP contribution in [0.15, 0.2) is 37.0 Å². The molecule has 0 heterocycles. The first-order valence-electron chi connectivity index (χ1n) is 5.34. The second-order valence-electron chi connectivity index (χ2n) is 3.22. The van der Waals surface area contributed by atoms with Crippen molar-refractivity contribution < 1.29 is 0 Å². The summed E-state index contributed by atoms with van der Waals surface area (Å²) in [5, 5.41) is 0. The van der Waals surface area contributed by atoms with Gasteiger partial charge in [-0.3, -0.25) is 0 Å². The fourth-order valence-corrected chi connectivity index (χ4v) is 1.07. The second-order valence-corrected chi connectivity index (χ2v) is 3.22. The zero-order valence-electron chi connectivity index (χ0n) is 8.84. The first-order valence-corrected chi connectivity index (χ1v) is 5.34. The molecule has 0 radical (unpaired) electrons. The molecule has 0 rings (SSSR count). The van der Waals surface area contributed by atoms with Crippen LogP contribution in [-0.2, 0) is 0 Å². The molecule has 0 fully saturated rings. The Balaban J connectivity index is 3.16. The topological polar surface area (TPSA) is 0 Å². The SMILES string of the molecule is C=CCCCCC=CC=CCCC. The minimum Gasteiger partial charge on any atom is -0.103 e. The van der Waals surface area contributed by atoms with Crippen molar-refractivity contribution in [1.29, 1.82) is 0 Å². The zero-order chi connectivity index (χ0) is 9.78. The molecule has 0 heteroatoms. The minimum atomic E-state index is 1.15. The molecule has 74 valence electrons. The van der Waals surface area contributed by atoms with Crippen molar-refractivity contribution >= 4 is 0 Å². The van der Waals surface area contributed by atoms with Gasteiger partial charge in [0.1, 0.15) is 0 Å². The van der Waals surface area contributed by atoms with E-state index in [-0.39, 0.29) is 0 Å². The van der Waals surface area contributed by atoms with E-state index >= 15 is 0 Å². The molecule has 0 aliphatic rings. The molecule has 0 aromatic heterocycles. The average Bonchev–Trinajstić information content (AvgIpc) is 2.16. The molecular weight excluding hydrogens is 156 g/mol. The molecule has 0 aliphatic heterocycles. The highest BCUT2D eigenvalue weighted by Gasteiger charge is 1.81. The molecule has 13 heavy (non-hydrogen) atoms.